The summed E-state index contributed by atoms with van der Waals surface area (Å²) in [5.41, 5.74) is -0.159. The lowest BCUT2D eigenvalue weighted by Crippen LogP contribution is -2.48. The van der Waals surface area contributed by atoms with E-state index in [0.717, 1.165) is 44.3 Å². The maximum atomic E-state index is 12.5. The number of carbonyl (C=O) groups is 2. The second kappa shape index (κ2) is 7.70. The van der Waals surface area contributed by atoms with Gasteiger partial charge in [-0.25, -0.2) is 8.42 Å². The summed E-state index contributed by atoms with van der Waals surface area (Å²) in [5, 5.41) is 11.6. The van der Waals surface area contributed by atoms with Gasteiger partial charge in [-0.1, -0.05) is 0 Å². The Morgan fingerprint density at radius 3 is 2.52 bits per heavy atom. The number of amides is 2. The first kappa shape index (κ1) is 20.3. The highest BCUT2D eigenvalue weighted by molar-refractivity contribution is 7.90. The standard InChI is InChI=1S/C19H29N5O4S/c1-29(27,28)12-5-15(25)23-10-7-19(8-11-23)6-2-9-24-16(21-22-18(19)24)17(26)20-13-14-3-4-14/h14H,2-13H2,1H3,(H,20,26). The molecule has 1 spiro atoms. The number of hydrogen-bond donors (Lipinski definition) is 1. The van der Waals surface area contributed by atoms with Gasteiger partial charge in [0.15, 0.2) is 0 Å². The summed E-state index contributed by atoms with van der Waals surface area (Å²) in [4.78, 5) is 26.7. The lowest BCUT2D eigenvalue weighted by atomic mass is 9.72. The fourth-order valence-corrected chi connectivity index (χ4v) is 5.03. The van der Waals surface area contributed by atoms with Crippen molar-refractivity contribution in [2.45, 2.75) is 56.9 Å². The van der Waals surface area contributed by atoms with Gasteiger partial charge in [0, 0.05) is 44.3 Å². The van der Waals surface area contributed by atoms with E-state index in [1.54, 1.807) is 4.90 Å². The largest absolute Gasteiger partial charge is 0.349 e. The summed E-state index contributed by atoms with van der Waals surface area (Å²) >= 11 is 0. The minimum Gasteiger partial charge on any atom is -0.349 e. The first-order valence-corrected chi connectivity index (χ1v) is 12.5. The van der Waals surface area contributed by atoms with Gasteiger partial charge in [-0.3, -0.25) is 9.59 Å². The van der Waals surface area contributed by atoms with E-state index in [9.17, 15) is 18.0 Å². The second-order valence-electron chi connectivity index (χ2n) is 8.80. The van der Waals surface area contributed by atoms with Gasteiger partial charge in [0.1, 0.15) is 15.7 Å². The van der Waals surface area contributed by atoms with Gasteiger partial charge in [-0.15, -0.1) is 10.2 Å². The molecule has 2 aliphatic heterocycles. The molecule has 2 fully saturated rings. The fraction of sp³-hybridized carbons (Fsp3) is 0.789. The van der Waals surface area contributed by atoms with Crippen molar-refractivity contribution >= 4 is 21.7 Å². The molecular formula is C19H29N5O4S. The summed E-state index contributed by atoms with van der Waals surface area (Å²) < 4.78 is 24.6. The Morgan fingerprint density at radius 2 is 1.86 bits per heavy atom. The molecule has 1 aromatic heterocycles. The van der Waals surface area contributed by atoms with E-state index >= 15 is 0 Å². The molecule has 0 bridgehead atoms. The van der Waals surface area contributed by atoms with E-state index < -0.39 is 9.84 Å². The lowest BCUT2D eigenvalue weighted by molar-refractivity contribution is -0.132. The van der Waals surface area contributed by atoms with Crippen molar-refractivity contribution in [3.05, 3.63) is 11.6 Å². The predicted molar refractivity (Wildman–Crippen MR) is 106 cm³/mol. The van der Waals surface area contributed by atoms with Crippen molar-refractivity contribution in [2.75, 3.05) is 31.6 Å². The fourth-order valence-electron chi connectivity index (χ4n) is 4.49. The number of aromatic nitrogens is 3. The molecule has 1 N–H and O–H groups in total. The molecule has 9 nitrogen and oxygen atoms in total. The van der Waals surface area contributed by atoms with Gasteiger partial charge < -0.3 is 14.8 Å². The smallest absolute Gasteiger partial charge is 0.289 e. The van der Waals surface area contributed by atoms with E-state index in [1.807, 2.05) is 4.57 Å². The quantitative estimate of drug-likeness (QED) is 0.713. The van der Waals surface area contributed by atoms with Crippen LogP contribution in [0, 0.1) is 5.92 Å². The monoisotopic (exact) mass is 423 g/mol. The van der Waals surface area contributed by atoms with Crippen LogP contribution in [0.25, 0.3) is 0 Å². The molecule has 1 aliphatic carbocycles. The maximum Gasteiger partial charge on any atom is 0.289 e. The highest BCUT2D eigenvalue weighted by atomic mass is 32.2. The van der Waals surface area contributed by atoms with Gasteiger partial charge in [-0.05, 0) is 44.4 Å². The molecule has 1 aromatic rings. The van der Waals surface area contributed by atoms with Crippen LogP contribution in [0.15, 0.2) is 0 Å². The third-order valence-corrected chi connectivity index (χ3v) is 7.42. The normalized spacial score (nSPS) is 21.1. The number of hydrogen-bond acceptors (Lipinski definition) is 6. The summed E-state index contributed by atoms with van der Waals surface area (Å²) in [5.74, 6) is 1.50. The van der Waals surface area contributed by atoms with E-state index in [1.165, 1.54) is 12.8 Å². The molecule has 160 valence electrons. The van der Waals surface area contributed by atoms with E-state index in [2.05, 4.69) is 15.5 Å². The number of rotatable bonds is 6. The zero-order valence-corrected chi connectivity index (χ0v) is 17.7. The van der Waals surface area contributed by atoms with Gasteiger partial charge in [0.2, 0.25) is 11.7 Å². The molecule has 0 radical (unpaired) electrons. The first-order chi connectivity index (χ1) is 13.8. The van der Waals surface area contributed by atoms with Crippen molar-refractivity contribution in [3.8, 4) is 0 Å². The average Bonchev–Trinajstić information content (AvgIpc) is 3.41. The maximum absolute atomic E-state index is 12.5. The Bertz CT molecular complexity index is 898. The molecule has 29 heavy (non-hydrogen) atoms. The Morgan fingerprint density at radius 1 is 1.14 bits per heavy atom. The van der Waals surface area contributed by atoms with Crippen molar-refractivity contribution in [2.24, 2.45) is 5.92 Å². The lowest BCUT2D eigenvalue weighted by Gasteiger charge is -2.43. The molecule has 1 saturated carbocycles. The summed E-state index contributed by atoms with van der Waals surface area (Å²) in [7, 11) is -3.14. The van der Waals surface area contributed by atoms with Crippen LogP contribution in [0.5, 0.6) is 0 Å². The number of sulfone groups is 1. The van der Waals surface area contributed by atoms with Crippen molar-refractivity contribution in [1.82, 2.24) is 25.0 Å². The number of likely N-dealkylation sites (tertiary alicyclic amines) is 1. The second-order valence-corrected chi connectivity index (χ2v) is 11.1. The Hall–Kier alpha value is -1.97. The summed E-state index contributed by atoms with van der Waals surface area (Å²) in [6.45, 7) is 2.61. The molecule has 4 rings (SSSR count). The van der Waals surface area contributed by atoms with Crippen molar-refractivity contribution in [1.29, 1.82) is 0 Å². The molecule has 0 unspecified atom stereocenters. The van der Waals surface area contributed by atoms with Crippen molar-refractivity contribution < 1.29 is 18.0 Å². The highest BCUT2D eigenvalue weighted by Crippen LogP contribution is 2.42. The van der Waals surface area contributed by atoms with Crippen LogP contribution in [-0.4, -0.2) is 71.5 Å². The van der Waals surface area contributed by atoms with Crippen molar-refractivity contribution in [3.63, 3.8) is 0 Å². The van der Waals surface area contributed by atoms with Crippen LogP contribution in [0.2, 0.25) is 0 Å². The van der Waals surface area contributed by atoms with Crippen LogP contribution < -0.4 is 5.32 Å². The Balaban J connectivity index is 1.42. The van der Waals surface area contributed by atoms with Gasteiger partial charge in [0.05, 0.1) is 5.75 Å². The predicted octanol–water partition coefficient (Wildman–Crippen LogP) is 0.507. The van der Waals surface area contributed by atoms with Crippen LogP contribution in [0.3, 0.4) is 0 Å². The SMILES string of the molecule is CS(=O)(=O)CCC(=O)N1CCC2(CCCn3c(C(=O)NCC4CC4)nnc32)CC1. The van der Waals surface area contributed by atoms with Crippen LogP contribution in [0.4, 0.5) is 0 Å². The van der Waals surface area contributed by atoms with Gasteiger partial charge in [-0.2, -0.15) is 0 Å². The highest BCUT2D eigenvalue weighted by Gasteiger charge is 2.44. The van der Waals surface area contributed by atoms with Crippen LogP contribution in [-0.2, 0) is 26.6 Å². The Labute approximate surface area is 171 Å². The molecule has 3 aliphatic rings. The first-order valence-electron chi connectivity index (χ1n) is 10.4. The number of nitrogens with one attached hydrogen (secondary N) is 1. The number of fused-ring (bicyclic) bond motifs is 2. The molecular weight excluding hydrogens is 394 g/mol. The molecule has 0 atom stereocenters. The minimum atomic E-state index is -3.14. The van der Waals surface area contributed by atoms with Crippen LogP contribution >= 0.6 is 0 Å². The topological polar surface area (TPSA) is 114 Å². The third kappa shape index (κ3) is 4.46. The van der Waals surface area contributed by atoms with E-state index in [-0.39, 0.29) is 29.4 Å². The average molecular weight is 424 g/mol. The van der Waals surface area contributed by atoms with Crippen LogP contribution in [0.1, 0.15) is 61.4 Å². The summed E-state index contributed by atoms with van der Waals surface area (Å²) in [6.07, 6.45) is 7.00. The molecule has 2 amide bonds. The number of nitrogens with zero attached hydrogens (tertiary/aromatic N) is 4. The Kier molecular flexibility index (Phi) is 5.39. The van der Waals surface area contributed by atoms with E-state index in [0.29, 0.717) is 31.4 Å². The summed E-state index contributed by atoms with van der Waals surface area (Å²) in [6, 6.07) is 0. The van der Waals surface area contributed by atoms with Gasteiger partial charge >= 0.3 is 0 Å². The zero-order valence-electron chi connectivity index (χ0n) is 16.9. The molecule has 10 heteroatoms. The van der Waals surface area contributed by atoms with E-state index in [4.69, 9.17) is 0 Å². The number of carbonyl (C=O) groups excluding carboxylic acids is 2. The molecule has 1 saturated heterocycles. The number of piperidine rings is 1. The molecule has 0 aromatic carbocycles. The minimum absolute atomic E-state index is 0.0350. The zero-order chi connectivity index (χ0) is 20.6. The third-order valence-electron chi connectivity index (χ3n) is 6.47. The molecule has 3 heterocycles. The van der Waals surface area contributed by atoms with Gasteiger partial charge in [0.25, 0.3) is 5.91 Å².